The maximum Gasteiger partial charge on any atom is 0.407 e. The number of ether oxygens (including phenoxy) is 4. The summed E-state index contributed by atoms with van der Waals surface area (Å²) in [5.74, 6) is -0.133. The standard InChI is InChI=1S/C32H38N4O7/c1-31(2,3)26-28(37)36-16-21(15-24(36)29(38)40-6)43-27-25(33-22-12-7-8-13-23(22)34-27)19-10-9-11-20(14-19)41-17-32(4,5)18-42-30(39)35-26/h7-14,21,24,26H,15-18H2,1-6H3,(H,35,39)/t21-,24+,26-/m1/s1. The van der Waals surface area contributed by atoms with Gasteiger partial charge in [-0.3, -0.25) is 4.79 Å². The number of cyclic esters (lactones) is 1. The zero-order valence-electron chi connectivity index (χ0n) is 25.4. The molecule has 0 unspecified atom stereocenters. The molecule has 11 nitrogen and oxygen atoms in total. The normalized spacial score (nSPS) is 22.7. The van der Waals surface area contributed by atoms with Crippen LogP contribution in [0.25, 0.3) is 22.3 Å². The van der Waals surface area contributed by atoms with E-state index < -0.39 is 47.0 Å². The van der Waals surface area contributed by atoms with Gasteiger partial charge in [0.1, 0.15) is 36.2 Å². The van der Waals surface area contributed by atoms with Crippen molar-refractivity contribution >= 4 is 29.0 Å². The van der Waals surface area contributed by atoms with Gasteiger partial charge in [0.25, 0.3) is 0 Å². The Balaban J connectivity index is 1.60. The molecule has 228 valence electrons. The van der Waals surface area contributed by atoms with Gasteiger partial charge in [-0.15, -0.1) is 0 Å². The molecule has 0 radical (unpaired) electrons. The van der Waals surface area contributed by atoms with E-state index in [1.807, 2.05) is 83.1 Å². The van der Waals surface area contributed by atoms with Gasteiger partial charge >= 0.3 is 12.1 Å². The van der Waals surface area contributed by atoms with Gasteiger partial charge in [-0.25, -0.2) is 19.6 Å². The molecule has 3 aromatic rings. The Morgan fingerprint density at radius 1 is 1.02 bits per heavy atom. The second-order valence-corrected chi connectivity index (χ2v) is 12.9. The van der Waals surface area contributed by atoms with Gasteiger partial charge in [0.2, 0.25) is 11.8 Å². The molecule has 43 heavy (non-hydrogen) atoms. The summed E-state index contributed by atoms with van der Waals surface area (Å²) in [5, 5.41) is 2.74. The predicted octanol–water partition coefficient (Wildman–Crippen LogP) is 4.38. The van der Waals surface area contributed by atoms with E-state index in [-0.39, 0.29) is 32.1 Å². The second kappa shape index (κ2) is 11.7. The molecule has 2 aliphatic rings. The second-order valence-electron chi connectivity index (χ2n) is 12.9. The fourth-order valence-electron chi connectivity index (χ4n) is 5.19. The van der Waals surface area contributed by atoms with Crippen LogP contribution >= 0.6 is 0 Å². The van der Waals surface area contributed by atoms with Crippen molar-refractivity contribution in [1.29, 1.82) is 0 Å². The Morgan fingerprint density at radius 3 is 2.42 bits per heavy atom. The van der Waals surface area contributed by atoms with Crippen molar-refractivity contribution in [3.63, 3.8) is 0 Å². The summed E-state index contributed by atoms with van der Waals surface area (Å²) in [4.78, 5) is 51.0. The van der Waals surface area contributed by atoms with Gasteiger partial charge in [0.15, 0.2) is 0 Å². The van der Waals surface area contributed by atoms with E-state index in [0.717, 1.165) is 5.56 Å². The molecule has 3 heterocycles. The molecule has 0 saturated carbocycles. The summed E-state index contributed by atoms with van der Waals surface area (Å²) in [5.41, 5.74) is 1.32. The van der Waals surface area contributed by atoms with Crippen molar-refractivity contribution < 1.29 is 33.3 Å². The van der Waals surface area contributed by atoms with Crippen molar-refractivity contribution in [2.45, 2.75) is 59.2 Å². The number of methoxy groups -OCH3 is 1. The van der Waals surface area contributed by atoms with Crippen molar-refractivity contribution in [2.24, 2.45) is 10.8 Å². The number of hydrogen-bond donors (Lipinski definition) is 1. The molecule has 2 amide bonds. The number of carbonyl (C=O) groups excluding carboxylic acids is 3. The minimum absolute atomic E-state index is 0.0499. The number of fused-ring (bicyclic) bond motifs is 7. The molecule has 4 bridgehead atoms. The van der Waals surface area contributed by atoms with Crippen LogP contribution in [0.1, 0.15) is 41.0 Å². The van der Waals surface area contributed by atoms with Crippen LogP contribution in [0.5, 0.6) is 11.6 Å². The topological polar surface area (TPSA) is 129 Å². The highest BCUT2D eigenvalue weighted by Gasteiger charge is 2.46. The van der Waals surface area contributed by atoms with Crippen molar-refractivity contribution in [3.8, 4) is 22.9 Å². The average Bonchev–Trinajstić information content (AvgIpc) is 3.40. The smallest absolute Gasteiger partial charge is 0.407 e. The van der Waals surface area contributed by atoms with Crippen LogP contribution in [0, 0.1) is 10.8 Å². The molecular formula is C32H38N4O7. The lowest BCUT2D eigenvalue weighted by atomic mass is 9.85. The van der Waals surface area contributed by atoms with Crippen LogP contribution < -0.4 is 14.8 Å². The largest absolute Gasteiger partial charge is 0.493 e. The van der Waals surface area contributed by atoms with Crippen LogP contribution in [0.4, 0.5) is 4.79 Å². The molecule has 1 fully saturated rings. The van der Waals surface area contributed by atoms with E-state index in [0.29, 0.717) is 22.5 Å². The van der Waals surface area contributed by atoms with Crippen LogP contribution in [0.2, 0.25) is 0 Å². The van der Waals surface area contributed by atoms with E-state index in [1.165, 1.54) is 12.0 Å². The third kappa shape index (κ3) is 6.65. The quantitative estimate of drug-likeness (QED) is 0.411. The number of hydrogen-bond acceptors (Lipinski definition) is 9. The van der Waals surface area contributed by atoms with Gasteiger partial charge in [0, 0.05) is 17.4 Å². The maximum absolute atomic E-state index is 14.0. The first-order valence-electron chi connectivity index (χ1n) is 14.3. The third-order valence-corrected chi connectivity index (χ3v) is 7.54. The fraction of sp³-hybridized carbons (Fsp3) is 0.469. The minimum Gasteiger partial charge on any atom is -0.493 e. The van der Waals surface area contributed by atoms with E-state index in [4.69, 9.17) is 28.9 Å². The zero-order chi connectivity index (χ0) is 30.9. The number of aromatic nitrogens is 2. The molecule has 1 aromatic heterocycles. The molecule has 0 aliphatic carbocycles. The highest BCUT2D eigenvalue weighted by Crippen LogP contribution is 2.35. The molecule has 5 rings (SSSR count). The fourth-order valence-corrected chi connectivity index (χ4v) is 5.19. The van der Waals surface area contributed by atoms with Gasteiger partial charge in [0.05, 0.1) is 31.3 Å². The minimum atomic E-state index is -0.986. The Kier molecular flexibility index (Phi) is 8.18. The van der Waals surface area contributed by atoms with Gasteiger partial charge in [-0.05, 0) is 29.7 Å². The van der Waals surface area contributed by atoms with Crippen molar-refractivity contribution in [2.75, 3.05) is 26.9 Å². The molecule has 2 aromatic carbocycles. The number of benzene rings is 2. The molecule has 11 heteroatoms. The van der Waals surface area contributed by atoms with E-state index in [9.17, 15) is 14.4 Å². The molecule has 0 spiro atoms. The summed E-state index contributed by atoms with van der Waals surface area (Å²) >= 11 is 0. The number of nitrogens with one attached hydrogen (secondary N) is 1. The number of para-hydroxylation sites is 2. The van der Waals surface area contributed by atoms with Crippen LogP contribution in [0.15, 0.2) is 48.5 Å². The zero-order valence-corrected chi connectivity index (χ0v) is 25.4. The Morgan fingerprint density at radius 2 is 1.72 bits per heavy atom. The Hall–Kier alpha value is -4.41. The molecule has 1 N–H and O–H groups in total. The average molecular weight is 591 g/mol. The van der Waals surface area contributed by atoms with Crippen molar-refractivity contribution in [3.05, 3.63) is 48.5 Å². The first-order chi connectivity index (χ1) is 20.3. The molecular weight excluding hydrogens is 552 g/mol. The Labute approximate surface area is 250 Å². The van der Waals surface area contributed by atoms with E-state index >= 15 is 0 Å². The molecule has 3 atom stereocenters. The summed E-state index contributed by atoms with van der Waals surface area (Å²) < 4.78 is 23.2. The summed E-state index contributed by atoms with van der Waals surface area (Å²) in [6.45, 7) is 9.72. The maximum atomic E-state index is 14.0. The molecule has 2 aliphatic heterocycles. The first-order valence-corrected chi connectivity index (χ1v) is 14.3. The number of alkyl carbamates (subject to hydrolysis) is 1. The number of carbonyl (C=O) groups is 3. The first kappa shape index (κ1) is 30.1. The van der Waals surface area contributed by atoms with Gasteiger partial charge in [-0.1, -0.05) is 58.9 Å². The highest BCUT2D eigenvalue weighted by atomic mass is 16.6. The van der Waals surface area contributed by atoms with Crippen LogP contribution in [-0.2, 0) is 19.1 Å². The van der Waals surface area contributed by atoms with Gasteiger partial charge < -0.3 is 29.2 Å². The third-order valence-electron chi connectivity index (χ3n) is 7.54. The van der Waals surface area contributed by atoms with Crippen molar-refractivity contribution in [1.82, 2.24) is 20.2 Å². The summed E-state index contributed by atoms with van der Waals surface area (Å²) in [7, 11) is 1.28. The van der Waals surface area contributed by atoms with Crippen LogP contribution in [-0.4, -0.2) is 77.9 Å². The van der Waals surface area contributed by atoms with Crippen LogP contribution in [0.3, 0.4) is 0 Å². The SMILES string of the molecule is COC(=O)[C@@H]1C[C@@H]2CN1C(=O)[C@H](C(C)(C)C)NC(=O)OCC(C)(C)COc1cccc(c1)-c1nc3ccccc3nc1O2. The number of nitrogens with zero attached hydrogens (tertiary/aromatic N) is 3. The lowest BCUT2D eigenvalue weighted by Crippen LogP contribution is -2.57. The molecule has 1 saturated heterocycles. The number of amides is 2. The Bertz CT molecular complexity index is 1530. The number of esters is 1. The summed E-state index contributed by atoms with van der Waals surface area (Å²) in [6.07, 6.45) is -1.17. The van der Waals surface area contributed by atoms with E-state index in [2.05, 4.69) is 5.32 Å². The summed E-state index contributed by atoms with van der Waals surface area (Å²) in [6, 6.07) is 13.0. The van der Waals surface area contributed by atoms with Gasteiger partial charge in [-0.2, -0.15) is 0 Å². The predicted molar refractivity (Wildman–Crippen MR) is 159 cm³/mol. The monoisotopic (exact) mass is 590 g/mol. The number of rotatable bonds is 1. The highest BCUT2D eigenvalue weighted by molar-refractivity contribution is 5.91. The van der Waals surface area contributed by atoms with E-state index in [1.54, 1.807) is 0 Å². The lowest BCUT2D eigenvalue weighted by molar-refractivity contribution is -0.152. The lowest BCUT2D eigenvalue weighted by Gasteiger charge is -2.35.